The Kier molecular flexibility index (Phi) is 7.46. The second-order valence-electron chi connectivity index (χ2n) is 7.27. The predicted octanol–water partition coefficient (Wildman–Crippen LogP) is 2.85. The normalized spacial score (nSPS) is 19.2. The molecule has 1 heterocycles. The highest BCUT2D eigenvalue weighted by Gasteiger charge is 2.29. The zero-order chi connectivity index (χ0) is 19.7. The molecule has 0 amide bonds. The average Bonchev–Trinajstić information content (AvgIpc) is 3.25. The third-order valence-electron chi connectivity index (χ3n) is 5.01. The first-order chi connectivity index (χ1) is 13.7. The maximum Gasteiger partial charge on any atom is 0.191 e. The maximum absolute atomic E-state index is 11.5. The Hall–Kier alpha value is -2.37. The predicted molar refractivity (Wildman–Crippen MR) is 113 cm³/mol. The summed E-state index contributed by atoms with van der Waals surface area (Å²) in [7, 11) is 0. The molecule has 1 aliphatic heterocycles. The molecule has 28 heavy (non-hydrogen) atoms. The van der Waals surface area contributed by atoms with Crippen LogP contribution in [0.3, 0.4) is 0 Å². The van der Waals surface area contributed by atoms with Gasteiger partial charge in [0, 0.05) is 26.1 Å². The van der Waals surface area contributed by atoms with E-state index in [9.17, 15) is 5.11 Å². The van der Waals surface area contributed by atoms with E-state index in [0.717, 1.165) is 43.7 Å². The van der Waals surface area contributed by atoms with Gasteiger partial charge in [0.25, 0.3) is 0 Å². The van der Waals surface area contributed by atoms with Crippen LogP contribution in [0.2, 0.25) is 0 Å². The van der Waals surface area contributed by atoms with Gasteiger partial charge in [0.05, 0.1) is 12.6 Å². The molecular weight excluding hydrogens is 350 g/mol. The summed E-state index contributed by atoms with van der Waals surface area (Å²) in [5.74, 6) is 0.709. The standard InChI is InChI=1S/C23H31N3O2/c1-2-24-22(25-17-21-14-9-15-28-21)26-18-23(27,20-12-7-4-8-13-20)16-19-10-5-3-6-11-19/h3-8,10-13,21,27H,2,9,14-18H2,1H3,(H2,24,25,26). The van der Waals surface area contributed by atoms with Crippen molar-refractivity contribution < 1.29 is 9.84 Å². The molecule has 3 N–H and O–H groups in total. The summed E-state index contributed by atoms with van der Waals surface area (Å²) in [6.07, 6.45) is 2.94. The van der Waals surface area contributed by atoms with Crippen LogP contribution in [0.25, 0.3) is 0 Å². The third-order valence-corrected chi connectivity index (χ3v) is 5.01. The molecule has 2 aromatic rings. The molecule has 1 fully saturated rings. The Morgan fingerprint density at radius 1 is 1.11 bits per heavy atom. The zero-order valence-electron chi connectivity index (χ0n) is 16.6. The Bertz CT molecular complexity index is 730. The van der Waals surface area contributed by atoms with Crippen LogP contribution in [0.4, 0.5) is 0 Å². The molecule has 0 saturated carbocycles. The highest BCUT2D eigenvalue weighted by Crippen LogP contribution is 2.26. The summed E-state index contributed by atoms with van der Waals surface area (Å²) in [5.41, 5.74) is 0.883. The second-order valence-corrected chi connectivity index (χ2v) is 7.27. The van der Waals surface area contributed by atoms with E-state index in [4.69, 9.17) is 9.73 Å². The minimum atomic E-state index is -1.07. The fraction of sp³-hybridized carbons (Fsp3) is 0.435. The molecule has 2 unspecified atom stereocenters. The Balaban J connectivity index is 1.75. The van der Waals surface area contributed by atoms with E-state index in [0.29, 0.717) is 12.4 Å². The molecule has 3 rings (SSSR count). The number of aliphatic hydroxyl groups is 1. The van der Waals surface area contributed by atoms with Crippen molar-refractivity contribution in [3.05, 3.63) is 71.8 Å². The number of nitrogens with zero attached hydrogens (tertiary/aromatic N) is 1. The molecule has 150 valence electrons. The fourth-order valence-electron chi connectivity index (χ4n) is 3.50. The van der Waals surface area contributed by atoms with E-state index < -0.39 is 5.60 Å². The van der Waals surface area contributed by atoms with Crippen LogP contribution < -0.4 is 10.6 Å². The van der Waals surface area contributed by atoms with Gasteiger partial charge >= 0.3 is 0 Å². The lowest BCUT2D eigenvalue weighted by Gasteiger charge is -2.28. The van der Waals surface area contributed by atoms with Crippen LogP contribution in [0.1, 0.15) is 30.9 Å². The SMILES string of the molecule is CCNC(=NCC(O)(Cc1ccccc1)c1ccccc1)NCC1CCCO1. The molecule has 0 spiro atoms. The van der Waals surface area contributed by atoms with Gasteiger partial charge in [0.15, 0.2) is 5.96 Å². The zero-order valence-corrected chi connectivity index (χ0v) is 16.6. The van der Waals surface area contributed by atoms with Crippen molar-refractivity contribution in [2.24, 2.45) is 4.99 Å². The van der Waals surface area contributed by atoms with Gasteiger partial charge in [0.1, 0.15) is 5.60 Å². The molecule has 1 saturated heterocycles. The van der Waals surface area contributed by atoms with E-state index in [1.165, 1.54) is 0 Å². The van der Waals surface area contributed by atoms with Crippen molar-refractivity contribution in [1.82, 2.24) is 10.6 Å². The molecule has 2 atom stereocenters. The van der Waals surface area contributed by atoms with Crippen molar-refractivity contribution in [3.8, 4) is 0 Å². The van der Waals surface area contributed by atoms with E-state index >= 15 is 0 Å². The summed E-state index contributed by atoms with van der Waals surface area (Å²) in [5, 5.41) is 18.2. The number of benzene rings is 2. The van der Waals surface area contributed by atoms with Crippen LogP contribution in [0, 0.1) is 0 Å². The highest BCUT2D eigenvalue weighted by molar-refractivity contribution is 5.79. The van der Waals surface area contributed by atoms with E-state index in [1.54, 1.807) is 0 Å². The molecule has 1 aliphatic rings. The number of hydrogen-bond donors (Lipinski definition) is 3. The third kappa shape index (κ3) is 5.81. The number of aliphatic imine (C=N–C) groups is 1. The van der Waals surface area contributed by atoms with Crippen molar-refractivity contribution in [1.29, 1.82) is 0 Å². The number of guanidine groups is 1. The van der Waals surface area contributed by atoms with Crippen LogP contribution in [0.5, 0.6) is 0 Å². The van der Waals surface area contributed by atoms with Crippen LogP contribution in [0.15, 0.2) is 65.7 Å². The minimum Gasteiger partial charge on any atom is -0.383 e. The van der Waals surface area contributed by atoms with Crippen molar-refractivity contribution in [2.45, 2.75) is 37.9 Å². The maximum atomic E-state index is 11.5. The minimum absolute atomic E-state index is 0.237. The number of hydrogen-bond acceptors (Lipinski definition) is 3. The van der Waals surface area contributed by atoms with Crippen LogP contribution in [-0.4, -0.2) is 43.4 Å². The van der Waals surface area contributed by atoms with Crippen molar-refractivity contribution >= 4 is 5.96 Å². The van der Waals surface area contributed by atoms with Gasteiger partial charge in [-0.3, -0.25) is 0 Å². The van der Waals surface area contributed by atoms with Gasteiger partial charge in [-0.15, -0.1) is 0 Å². The molecule has 2 aromatic carbocycles. The van der Waals surface area contributed by atoms with Gasteiger partial charge in [-0.05, 0) is 30.9 Å². The van der Waals surface area contributed by atoms with E-state index in [2.05, 4.69) is 10.6 Å². The molecule has 5 heteroatoms. The lowest BCUT2D eigenvalue weighted by molar-refractivity contribution is 0.0466. The summed E-state index contributed by atoms with van der Waals surface area (Å²) < 4.78 is 5.68. The van der Waals surface area contributed by atoms with Gasteiger partial charge in [-0.2, -0.15) is 0 Å². The largest absolute Gasteiger partial charge is 0.383 e. The molecule has 5 nitrogen and oxygen atoms in total. The van der Waals surface area contributed by atoms with Crippen LogP contribution >= 0.6 is 0 Å². The first-order valence-electron chi connectivity index (χ1n) is 10.2. The fourth-order valence-corrected chi connectivity index (χ4v) is 3.50. The lowest BCUT2D eigenvalue weighted by Crippen LogP contribution is -2.42. The van der Waals surface area contributed by atoms with Gasteiger partial charge in [-0.25, -0.2) is 4.99 Å². The van der Waals surface area contributed by atoms with E-state index in [-0.39, 0.29) is 12.6 Å². The summed E-state index contributed by atoms with van der Waals surface area (Å²) in [4.78, 5) is 4.71. The molecule has 0 aromatic heterocycles. The lowest BCUT2D eigenvalue weighted by atomic mass is 9.87. The molecule has 0 aliphatic carbocycles. The first kappa shape index (κ1) is 20.4. The van der Waals surface area contributed by atoms with Crippen LogP contribution in [-0.2, 0) is 16.8 Å². The summed E-state index contributed by atoms with van der Waals surface area (Å²) in [6, 6.07) is 19.9. The van der Waals surface area contributed by atoms with Crippen molar-refractivity contribution in [2.75, 3.05) is 26.2 Å². The topological polar surface area (TPSA) is 65.9 Å². The number of nitrogens with one attached hydrogen (secondary N) is 2. The number of rotatable bonds is 8. The van der Waals surface area contributed by atoms with Crippen molar-refractivity contribution in [3.63, 3.8) is 0 Å². The highest BCUT2D eigenvalue weighted by atomic mass is 16.5. The van der Waals surface area contributed by atoms with Gasteiger partial charge in [0.2, 0.25) is 0 Å². The first-order valence-corrected chi connectivity index (χ1v) is 10.2. The van der Waals surface area contributed by atoms with Gasteiger partial charge in [-0.1, -0.05) is 60.7 Å². The average molecular weight is 382 g/mol. The van der Waals surface area contributed by atoms with E-state index in [1.807, 2.05) is 67.6 Å². The molecule has 0 radical (unpaired) electrons. The quantitative estimate of drug-likeness (QED) is 0.486. The Morgan fingerprint density at radius 2 is 1.82 bits per heavy atom. The number of ether oxygens (including phenoxy) is 1. The molecule has 0 bridgehead atoms. The Labute approximate surface area is 167 Å². The second kappa shape index (κ2) is 10.2. The smallest absolute Gasteiger partial charge is 0.191 e. The summed E-state index contributed by atoms with van der Waals surface area (Å²) >= 11 is 0. The Morgan fingerprint density at radius 3 is 2.46 bits per heavy atom. The summed E-state index contributed by atoms with van der Waals surface area (Å²) in [6.45, 7) is 4.64. The van der Waals surface area contributed by atoms with Gasteiger partial charge < -0.3 is 20.5 Å². The monoisotopic (exact) mass is 381 g/mol. The molecular formula is C23H31N3O2.